The zero-order valence-corrected chi connectivity index (χ0v) is 11.1. The van der Waals surface area contributed by atoms with E-state index in [1.165, 1.54) is 6.07 Å². The molecule has 1 fully saturated rings. The molecule has 100 valence electrons. The molecule has 0 spiro atoms. The van der Waals surface area contributed by atoms with Crippen LogP contribution in [0.4, 0.5) is 5.69 Å². The van der Waals surface area contributed by atoms with Crippen LogP contribution in [-0.4, -0.2) is 26.2 Å². The monoisotopic (exact) mass is 270 g/mol. The Morgan fingerprint density at radius 3 is 2.67 bits per heavy atom. The van der Waals surface area contributed by atoms with Crippen LogP contribution in [0.5, 0.6) is 0 Å². The minimum atomic E-state index is -3.50. The molecule has 1 aliphatic carbocycles. The number of sulfonamides is 1. The minimum Gasteiger partial charge on any atom is -0.398 e. The SMILES string of the molecule is Cc1ccc(S(=O)(=O)NCC2CC(O)C2)cc1N. The van der Waals surface area contributed by atoms with E-state index in [2.05, 4.69) is 4.72 Å². The molecular weight excluding hydrogens is 252 g/mol. The number of anilines is 1. The molecule has 18 heavy (non-hydrogen) atoms. The van der Waals surface area contributed by atoms with Gasteiger partial charge in [-0.15, -0.1) is 0 Å². The maximum Gasteiger partial charge on any atom is 0.240 e. The normalized spacial score (nSPS) is 23.7. The summed E-state index contributed by atoms with van der Waals surface area (Å²) in [5.41, 5.74) is 7.03. The highest BCUT2D eigenvalue weighted by Crippen LogP contribution is 2.26. The molecule has 0 aromatic heterocycles. The summed E-state index contributed by atoms with van der Waals surface area (Å²) < 4.78 is 26.5. The second-order valence-corrected chi connectivity index (χ2v) is 6.63. The number of nitrogens with one attached hydrogen (secondary N) is 1. The predicted octanol–water partition coefficient (Wildman–Crippen LogP) is 0.626. The van der Waals surface area contributed by atoms with Crippen LogP contribution in [0.3, 0.4) is 0 Å². The molecule has 1 aromatic rings. The zero-order valence-electron chi connectivity index (χ0n) is 10.3. The van der Waals surface area contributed by atoms with Crippen molar-refractivity contribution in [3.8, 4) is 0 Å². The van der Waals surface area contributed by atoms with Crippen LogP contribution >= 0.6 is 0 Å². The van der Waals surface area contributed by atoms with Gasteiger partial charge in [-0.3, -0.25) is 0 Å². The Bertz CT molecular complexity index is 536. The highest BCUT2D eigenvalue weighted by atomic mass is 32.2. The number of aliphatic hydroxyl groups is 1. The van der Waals surface area contributed by atoms with Gasteiger partial charge in [0.15, 0.2) is 0 Å². The van der Waals surface area contributed by atoms with E-state index in [1.807, 2.05) is 6.92 Å². The highest BCUT2D eigenvalue weighted by Gasteiger charge is 2.28. The van der Waals surface area contributed by atoms with Gasteiger partial charge in [-0.2, -0.15) is 0 Å². The first kappa shape index (κ1) is 13.3. The largest absolute Gasteiger partial charge is 0.398 e. The van der Waals surface area contributed by atoms with E-state index < -0.39 is 10.0 Å². The summed E-state index contributed by atoms with van der Waals surface area (Å²) in [7, 11) is -3.50. The molecular formula is C12H18N2O3S. The van der Waals surface area contributed by atoms with Crippen molar-refractivity contribution in [1.82, 2.24) is 4.72 Å². The molecule has 4 N–H and O–H groups in total. The average Bonchev–Trinajstić information content (AvgIpc) is 2.26. The van der Waals surface area contributed by atoms with Crippen molar-refractivity contribution in [2.75, 3.05) is 12.3 Å². The van der Waals surface area contributed by atoms with E-state index in [0.29, 0.717) is 25.1 Å². The van der Waals surface area contributed by atoms with Crippen LogP contribution in [0, 0.1) is 12.8 Å². The number of nitrogens with two attached hydrogens (primary N) is 1. The van der Waals surface area contributed by atoms with Gasteiger partial charge in [0.1, 0.15) is 0 Å². The fraction of sp³-hybridized carbons (Fsp3) is 0.500. The summed E-state index contributed by atoms with van der Waals surface area (Å²) in [5.74, 6) is 0.234. The van der Waals surface area contributed by atoms with Crippen molar-refractivity contribution < 1.29 is 13.5 Å². The van der Waals surface area contributed by atoms with Gasteiger partial charge >= 0.3 is 0 Å². The summed E-state index contributed by atoms with van der Waals surface area (Å²) in [6.07, 6.45) is 1.06. The van der Waals surface area contributed by atoms with E-state index in [4.69, 9.17) is 10.8 Å². The van der Waals surface area contributed by atoms with E-state index in [0.717, 1.165) is 5.56 Å². The molecule has 5 nitrogen and oxygen atoms in total. The minimum absolute atomic E-state index is 0.186. The molecule has 0 atom stereocenters. The van der Waals surface area contributed by atoms with Crippen LogP contribution in [-0.2, 0) is 10.0 Å². The summed E-state index contributed by atoms with van der Waals surface area (Å²) in [6, 6.07) is 4.70. The van der Waals surface area contributed by atoms with Crippen LogP contribution in [0.1, 0.15) is 18.4 Å². The molecule has 0 radical (unpaired) electrons. The third kappa shape index (κ3) is 2.82. The maximum absolute atomic E-state index is 12.0. The number of aliphatic hydroxyl groups excluding tert-OH is 1. The van der Waals surface area contributed by atoms with Crippen molar-refractivity contribution in [2.45, 2.75) is 30.8 Å². The first-order valence-electron chi connectivity index (χ1n) is 5.92. The fourth-order valence-electron chi connectivity index (χ4n) is 1.96. The first-order valence-corrected chi connectivity index (χ1v) is 7.40. The van der Waals surface area contributed by atoms with Gasteiger partial charge in [0, 0.05) is 12.2 Å². The Hall–Kier alpha value is -1.11. The van der Waals surface area contributed by atoms with Gasteiger partial charge in [-0.1, -0.05) is 6.07 Å². The lowest BCUT2D eigenvalue weighted by Gasteiger charge is -2.31. The number of hydrogen-bond donors (Lipinski definition) is 3. The van der Waals surface area contributed by atoms with Crippen molar-refractivity contribution >= 4 is 15.7 Å². The van der Waals surface area contributed by atoms with Crippen LogP contribution in [0.15, 0.2) is 23.1 Å². The molecule has 0 unspecified atom stereocenters. The number of aryl methyl sites for hydroxylation is 1. The van der Waals surface area contributed by atoms with Gasteiger partial charge in [-0.05, 0) is 43.4 Å². The number of benzene rings is 1. The molecule has 1 saturated carbocycles. The second kappa shape index (κ2) is 4.87. The molecule has 1 aromatic carbocycles. The Balaban J connectivity index is 2.03. The van der Waals surface area contributed by atoms with Gasteiger partial charge in [-0.25, -0.2) is 13.1 Å². The molecule has 0 saturated heterocycles. The fourth-order valence-corrected chi connectivity index (χ4v) is 3.11. The van der Waals surface area contributed by atoms with Crippen LogP contribution < -0.4 is 10.5 Å². The van der Waals surface area contributed by atoms with Gasteiger partial charge in [0.25, 0.3) is 0 Å². The molecule has 1 aliphatic rings. The predicted molar refractivity (Wildman–Crippen MR) is 69.5 cm³/mol. The Morgan fingerprint density at radius 2 is 2.11 bits per heavy atom. The Labute approximate surface area is 107 Å². The molecule has 6 heteroatoms. The number of rotatable bonds is 4. The summed E-state index contributed by atoms with van der Waals surface area (Å²) in [4.78, 5) is 0.186. The molecule has 0 heterocycles. The molecule has 0 bridgehead atoms. The van der Waals surface area contributed by atoms with Gasteiger partial charge in [0.05, 0.1) is 11.0 Å². The maximum atomic E-state index is 12.0. The second-order valence-electron chi connectivity index (χ2n) is 4.86. The lowest BCUT2D eigenvalue weighted by Crippen LogP contribution is -2.38. The average molecular weight is 270 g/mol. The molecule has 0 amide bonds. The standard InChI is InChI=1S/C12H18N2O3S/c1-8-2-3-11(6-12(8)13)18(16,17)14-7-9-4-10(15)5-9/h2-3,6,9-10,14-15H,4-5,7,13H2,1H3. The van der Waals surface area contributed by atoms with E-state index in [9.17, 15) is 8.42 Å². The van der Waals surface area contributed by atoms with Crippen molar-refractivity contribution in [2.24, 2.45) is 5.92 Å². The smallest absolute Gasteiger partial charge is 0.240 e. The van der Waals surface area contributed by atoms with E-state index in [-0.39, 0.29) is 16.9 Å². The molecule has 2 rings (SSSR count). The van der Waals surface area contributed by atoms with Crippen LogP contribution in [0.25, 0.3) is 0 Å². The van der Waals surface area contributed by atoms with Crippen molar-refractivity contribution in [3.63, 3.8) is 0 Å². The van der Waals surface area contributed by atoms with E-state index >= 15 is 0 Å². The lowest BCUT2D eigenvalue weighted by molar-refractivity contribution is 0.0453. The Kier molecular flexibility index (Phi) is 3.61. The first-order chi connectivity index (χ1) is 8.38. The topological polar surface area (TPSA) is 92.4 Å². The quantitative estimate of drug-likeness (QED) is 0.700. The highest BCUT2D eigenvalue weighted by molar-refractivity contribution is 7.89. The summed E-state index contributed by atoms with van der Waals surface area (Å²) in [5, 5.41) is 9.14. The Morgan fingerprint density at radius 1 is 1.44 bits per heavy atom. The van der Waals surface area contributed by atoms with Crippen molar-refractivity contribution in [3.05, 3.63) is 23.8 Å². The lowest BCUT2D eigenvalue weighted by atomic mass is 9.83. The number of nitrogen functional groups attached to an aromatic ring is 1. The van der Waals surface area contributed by atoms with Gasteiger partial charge in [0.2, 0.25) is 10.0 Å². The third-order valence-electron chi connectivity index (χ3n) is 3.33. The van der Waals surface area contributed by atoms with Gasteiger partial charge < -0.3 is 10.8 Å². The van der Waals surface area contributed by atoms with Crippen molar-refractivity contribution in [1.29, 1.82) is 0 Å². The van der Waals surface area contributed by atoms with Crippen LogP contribution in [0.2, 0.25) is 0 Å². The van der Waals surface area contributed by atoms with E-state index in [1.54, 1.807) is 12.1 Å². The summed E-state index contributed by atoms with van der Waals surface area (Å²) >= 11 is 0. The molecule has 0 aliphatic heterocycles. The summed E-state index contributed by atoms with van der Waals surface area (Å²) in [6.45, 7) is 2.20. The third-order valence-corrected chi connectivity index (χ3v) is 4.76. The number of hydrogen-bond acceptors (Lipinski definition) is 4. The zero-order chi connectivity index (χ0) is 13.3.